The number of phenols is 1. The predicted octanol–water partition coefficient (Wildman–Crippen LogP) is 2.00. The molecule has 3 heterocycles. The van der Waals surface area contributed by atoms with Gasteiger partial charge < -0.3 is 71.9 Å². The van der Waals surface area contributed by atoms with E-state index in [1.807, 2.05) is 0 Å². The number of hydrogen-bond donors (Lipinski definition) is 10. The van der Waals surface area contributed by atoms with Crippen LogP contribution in [0, 0.1) is 32.1 Å². The fraction of sp³-hybridized carbons (Fsp3) is 0.446. The lowest BCUT2D eigenvalue weighted by Crippen LogP contribution is -2.62. The highest BCUT2D eigenvalue weighted by molar-refractivity contribution is 5.98. The van der Waals surface area contributed by atoms with E-state index in [9.17, 15) is 63.7 Å². The lowest BCUT2D eigenvalue weighted by Gasteiger charge is -2.32. The van der Waals surface area contributed by atoms with Crippen molar-refractivity contribution in [3.8, 4) is 5.75 Å². The van der Waals surface area contributed by atoms with Gasteiger partial charge in [-0.25, -0.2) is 24.7 Å². The normalized spacial score (nSPS) is 15.5. The molecule has 1 aliphatic rings. The second kappa shape index (κ2) is 31.6. The Morgan fingerprint density at radius 2 is 1.45 bits per heavy atom. The minimum Gasteiger partial charge on any atom is -0.508 e. The molecule has 0 radical (unpaired) electrons. The van der Waals surface area contributed by atoms with E-state index in [1.165, 1.54) is 79.1 Å². The van der Waals surface area contributed by atoms with Gasteiger partial charge in [0.2, 0.25) is 35.4 Å². The number of carbonyl (C=O) groups is 8. The van der Waals surface area contributed by atoms with Crippen LogP contribution in [0.25, 0.3) is 11.0 Å². The molecule has 87 heavy (non-hydrogen) atoms. The quantitative estimate of drug-likeness (QED) is 0.00785. The van der Waals surface area contributed by atoms with Gasteiger partial charge in [-0.3, -0.25) is 38.9 Å². The number of carbonyl (C=O) groups excluding carboxylic acids is 8. The first-order chi connectivity index (χ1) is 41.5. The van der Waals surface area contributed by atoms with Crippen LogP contribution in [0.4, 0.5) is 10.5 Å². The molecule has 11 N–H and O–H groups in total. The molecule has 2 aromatic heterocycles. The number of aromatic amines is 1. The van der Waals surface area contributed by atoms with Crippen LogP contribution in [0.3, 0.4) is 0 Å². The number of nitrogens with one attached hydrogen (secondary N) is 8. The van der Waals surface area contributed by atoms with Gasteiger partial charge in [0.15, 0.2) is 10.6 Å². The summed E-state index contributed by atoms with van der Waals surface area (Å²) in [6.45, 7) is 7.73. The van der Waals surface area contributed by atoms with Gasteiger partial charge in [-0.15, -0.1) is 0 Å². The first-order valence-electron chi connectivity index (χ1n) is 28.0. The summed E-state index contributed by atoms with van der Waals surface area (Å²) >= 11 is 0. The van der Waals surface area contributed by atoms with E-state index >= 15 is 0 Å². The van der Waals surface area contributed by atoms with Crippen LogP contribution in [0.1, 0.15) is 89.1 Å². The summed E-state index contributed by atoms with van der Waals surface area (Å²) in [5.41, 5.74) is 7.86. The number of nitrogens with zero attached hydrogens (tertiary/aromatic N) is 6. The van der Waals surface area contributed by atoms with Crippen molar-refractivity contribution in [3.63, 3.8) is 0 Å². The average molecular weight is 1210 g/mol. The van der Waals surface area contributed by atoms with Crippen molar-refractivity contribution in [2.24, 2.45) is 22.7 Å². The Hall–Kier alpha value is -10.2. The zero-order valence-corrected chi connectivity index (χ0v) is 48.4. The third kappa shape index (κ3) is 19.7. The van der Waals surface area contributed by atoms with Gasteiger partial charge in [-0.1, -0.05) is 57.5 Å². The van der Waals surface area contributed by atoms with E-state index in [1.54, 1.807) is 45.9 Å². The number of benzene rings is 3. The number of hydrazone groups is 1. The lowest BCUT2D eigenvalue weighted by atomic mass is 9.96. The van der Waals surface area contributed by atoms with Gasteiger partial charge in [-0.05, 0) is 97.5 Å². The fourth-order valence-electron chi connectivity index (χ4n) is 9.29. The Morgan fingerprint density at radius 3 is 2.11 bits per heavy atom. The van der Waals surface area contributed by atoms with Crippen molar-refractivity contribution in [3.05, 3.63) is 128 Å². The van der Waals surface area contributed by atoms with E-state index in [2.05, 4.69) is 57.4 Å². The second-order valence-corrected chi connectivity index (χ2v) is 21.1. The van der Waals surface area contributed by atoms with E-state index < -0.39 is 118 Å². The van der Waals surface area contributed by atoms with Gasteiger partial charge in [0, 0.05) is 55.3 Å². The van der Waals surface area contributed by atoms with Crippen molar-refractivity contribution in [2.45, 2.75) is 135 Å². The molecule has 31 nitrogen and oxygen atoms in total. The maximum Gasteiger partial charge on any atom is 0.408 e. The topological polar surface area (TPSA) is 442 Å². The maximum atomic E-state index is 14.7. The standard InChI is InChI=1S/C56H71N15O16/c1-6-32(4)47(52(77)64-43(25-38-27-58-30-60-38)53(78)69-22-8-10-44(69)50(75)62-33(5)54(79)85-28-35-11-16-39(17-12-35)70(81)82)67-49(74)42(24-34-13-18-40(72)19-14-34)63-51(76)46(31(2)3)66-48(73)41(9-7-21-59-55(57)68-71(83)84)65-56(80)86-29-36-15-20-45-37(23-36)26-61-87-45/h11-20,23,26-27,30-33,41-44,46-47,72H,6-10,21-22,24-25,28-29H2,1-5H3,(H,58,60)(H,62,75)(H,63,76)(H,64,77)(H,65,80)(H,66,73)(H,67,74)(H3,57,59,68)/t32-,33-,41-,42-,43-,44-,46-,47-/m0/s1. The number of ether oxygens (including phenoxy) is 2. The number of phenolic OH excluding ortho intramolecular Hbond substituents is 1. The number of aromatic nitrogens is 3. The molecule has 1 aliphatic heterocycles. The zero-order valence-electron chi connectivity index (χ0n) is 48.4. The molecule has 0 unspecified atom stereocenters. The van der Waals surface area contributed by atoms with Crippen molar-refractivity contribution in [1.82, 2.24) is 57.2 Å². The number of aromatic hydroxyl groups is 1. The molecule has 0 bridgehead atoms. The number of fused-ring (bicyclic) bond motifs is 1. The number of nitro groups is 2. The first kappa shape index (κ1) is 65.9. The Morgan fingerprint density at radius 1 is 0.793 bits per heavy atom. The summed E-state index contributed by atoms with van der Waals surface area (Å²) in [4.78, 5) is 142. The van der Waals surface area contributed by atoms with Crippen LogP contribution in [0.2, 0.25) is 0 Å². The number of imidazole rings is 1. The number of alkyl carbamates (subject to hydrolysis) is 1. The molecule has 0 spiro atoms. The maximum absolute atomic E-state index is 14.7. The van der Waals surface area contributed by atoms with Crippen LogP contribution in [-0.4, -0.2) is 144 Å². The summed E-state index contributed by atoms with van der Waals surface area (Å²) in [5, 5.41) is 56.9. The molecule has 1 saturated heterocycles. The minimum atomic E-state index is -1.45. The minimum absolute atomic E-state index is 0.0299. The summed E-state index contributed by atoms with van der Waals surface area (Å²) in [7, 11) is 0. The average Bonchev–Trinajstić information content (AvgIpc) is 4.54. The summed E-state index contributed by atoms with van der Waals surface area (Å²) in [6, 6.07) is 7.03. The fourth-order valence-corrected chi connectivity index (χ4v) is 9.29. The van der Waals surface area contributed by atoms with E-state index in [4.69, 9.17) is 19.7 Å². The second-order valence-electron chi connectivity index (χ2n) is 21.1. The summed E-state index contributed by atoms with van der Waals surface area (Å²) in [5.74, 6) is -7.31. The number of nitrogens with two attached hydrogens (primary N) is 1. The van der Waals surface area contributed by atoms with Crippen molar-refractivity contribution in [1.29, 1.82) is 0 Å². The number of non-ortho nitro benzene ring substituents is 1. The van der Waals surface area contributed by atoms with Crippen LogP contribution < -0.4 is 43.0 Å². The Bertz CT molecular complexity index is 3250. The van der Waals surface area contributed by atoms with Gasteiger partial charge in [0.05, 0.1) is 17.4 Å². The number of esters is 1. The molecule has 1 fully saturated rings. The molecular formula is C56H71N15O16. The summed E-state index contributed by atoms with van der Waals surface area (Å²) in [6.07, 6.45) is 3.88. The van der Waals surface area contributed by atoms with E-state index in [0.717, 1.165) is 0 Å². The molecule has 7 amide bonds. The highest BCUT2D eigenvalue weighted by Gasteiger charge is 2.41. The van der Waals surface area contributed by atoms with E-state index in [-0.39, 0.29) is 69.8 Å². The molecule has 6 rings (SSSR count). The van der Waals surface area contributed by atoms with Crippen LogP contribution in [-0.2, 0) is 69.1 Å². The van der Waals surface area contributed by atoms with Crippen molar-refractivity contribution >= 4 is 70.1 Å². The van der Waals surface area contributed by atoms with Crippen molar-refractivity contribution in [2.75, 3.05) is 13.1 Å². The Labute approximate surface area is 498 Å². The smallest absolute Gasteiger partial charge is 0.408 e. The third-order valence-electron chi connectivity index (χ3n) is 14.3. The molecule has 466 valence electrons. The molecular weight excluding hydrogens is 1140 g/mol. The number of rotatable bonds is 30. The van der Waals surface area contributed by atoms with Gasteiger partial charge >= 0.3 is 12.1 Å². The molecule has 5 aromatic rings. The lowest BCUT2D eigenvalue weighted by molar-refractivity contribution is -0.485. The Kier molecular flexibility index (Phi) is 23.9. The first-order valence-corrected chi connectivity index (χ1v) is 28.0. The van der Waals surface area contributed by atoms with Crippen molar-refractivity contribution < 1.29 is 67.4 Å². The van der Waals surface area contributed by atoms with Gasteiger partial charge in [-0.2, -0.15) is 0 Å². The number of likely N-dealkylation sites (tertiary alicyclic amines) is 1. The molecule has 31 heteroatoms. The molecule has 0 aliphatic carbocycles. The largest absolute Gasteiger partial charge is 0.508 e. The highest BCUT2D eigenvalue weighted by Crippen LogP contribution is 2.22. The molecule has 8 atom stereocenters. The number of amides is 7. The number of H-pyrrole nitrogens is 1. The van der Waals surface area contributed by atoms with E-state index in [0.29, 0.717) is 46.2 Å². The summed E-state index contributed by atoms with van der Waals surface area (Å²) < 4.78 is 15.9. The number of guanidine groups is 1. The molecule has 0 saturated carbocycles. The van der Waals surface area contributed by atoms with Gasteiger partial charge in [0.25, 0.3) is 11.6 Å². The number of nitro benzene ring substituents is 1. The van der Waals surface area contributed by atoms with Crippen LogP contribution >= 0.6 is 0 Å². The van der Waals surface area contributed by atoms with Gasteiger partial charge in [0.1, 0.15) is 66.4 Å². The van der Waals surface area contributed by atoms with Crippen LogP contribution in [0.15, 0.2) is 95.1 Å². The predicted molar refractivity (Wildman–Crippen MR) is 308 cm³/mol. The SMILES string of the molecule is CC[C@H](C)[C@H](NC(=O)[C@H](Cc1ccc(O)cc1)NC(=O)[C@@H](NC(=O)[C@H](CCCN/C(N)=N/[N+](=O)[O-])NC(=O)OCc1ccc2oncc2c1)C(C)C)C(=O)N[C@@H](Cc1cnc[nH]1)C(=O)N1CCC[C@H]1C(=O)N[C@@H](C)C(=O)OCc1ccc([N+](=O)[O-])cc1. The molecule has 3 aromatic carbocycles. The highest BCUT2D eigenvalue weighted by atomic mass is 16.7. The Balaban J connectivity index is 1.16. The van der Waals surface area contributed by atoms with Crippen LogP contribution in [0.5, 0.6) is 5.75 Å². The third-order valence-corrected chi connectivity index (χ3v) is 14.3. The zero-order chi connectivity index (χ0) is 63.3. The number of hydrogen-bond acceptors (Lipinski definition) is 18. The monoisotopic (exact) mass is 1210 g/mol.